The maximum atomic E-state index is 13.6. The van der Waals surface area contributed by atoms with Crippen LogP contribution in [0.3, 0.4) is 0 Å². The topological polar surface area (TPSA) is 108 Å². The molecular weight excluding hydrogens is 399 g/mol. The molecule has 3 aromatic rings. The van der Waals surface area contributed by atoms with E-state index in [1.54, 1.807) is 0 Å². The number of hydrogen-bond acceptors (Lipinski definition) is 8. The largest absolute Gasteiger partial charge is 0.480 e. The van der Waals surface area contributed by atoms with Crippen LogP contribution in [0, 0.1) is 0 Å². The van der Waals surface area contributed by atoms with Crippen molar-refractivity contribution in [3.05, 3.63) is 34.6 Å². The molecule has 0 saturated heterocycles. The van der Waals surface area contributed by atoms with Gasteiger partial charge in [0, 0.05) is 12.5 Å². The third-order valence-corrected chi connectivity index (χ3v) is 4.38. The number of alkyl halides is 3. The lowest BCUT2D eigenvalue weighted by atomic mass is 10.2. The van der Waals surface area contributed by atoms with E-state index in [9.17, 15) is 18.0 Å². The van der Waals surface area contributed by atoms with E-state index >= 15 is 0 Å². The lowest BCUT2D eigenvalue weighted by Crippen LogP contribution is -2.21. The van der Waals surface area contributed by atoms with Crippen LogP contribution in [0.4, 0.5) is 18.3 Å². The number of aryl methyl sites for hydroxylation is 1. The zero-order valence-corrected chi connectivity index (χ0v) is 15.5. The quantitative estimate of drug-likeness (QED) is 0.662. The number of nitrogens with one attached hydrogen (secondary N) is 1. The van der Waals surface area contributed by atoms with Crippen LogP contribution in [-0.4, -0.2) is 43.2 Å². The average molecular weight is 413 g/mol. The van der Waals surface area contributed by atoms with Crippen LogP contribution in [-0.2, 0) is 12.6 Å². The van der Waals surface area contributed by atoms with Crippen LogP contribution in [0.15, 0.2) is 18.3 Å². The van der Waals surface area contributed by atoms with E-state index in [1.165, 1.54) is 19.2 Å². The van der Waals surface area contributed by atoms with Crippen LogP contribution in [0.25, 0.3) is 5.82 Å². The summed E-state index contributed by atoms with van der Waals surface area (Å²) >= 11 is 1.10. The smallest absolute Gasteiger partial charge is 0.434 e. The lowest BCUT2D eigenvalue weighted by Gasteiger charge is -2.11. The second kappa shape index (κ2) is 7.88. The summed E-state index contributed by atoms with van der Waals surface area (Å²) in [6.45, 7) is 1.95. The van der Waals surface area contributed by atoms with Gasteiger partial charge in [-0.05, 0) is 12.5 Å². The number of amides is 1. The van der Waals surface area contributed by atoms with Crippen molar-refractivity contribution in [2.45, 2.75) is 25.9 Å². The molecule has 0 bridgehead atoms. The van der Waals surface area contributed by atoms with Gasteiger partial charge in [0.2, 0.25) is 11.0 Å². The number of aromatic nitrogens is 6. The van der Waals surface area contributed by atoms with Crippen molar-refractivity contribution in [3.8, 4) is 11.7 Å². The lowest BCUT2D eigenvalue weighted by molar-refractivity contribution is -0.143. The standard InChI is InChI=1S/C15H14F3N7O2S/c1-3-4-11-23-24-14(28-11)20-13(26)8-7-19-25(12(8)15(16,17)18)9-5-6-10(27-2)22-21-9/h5-7H,3-4H2,1-2H3,(H,20,24,26). The Hall–Kier alpha value is -3.09. The van der Waals surface area contributed by atoms with Gasteiger partial charge < -0.3 is 4.74 Å². The molecule has 0 radical (unpaired) electrons. The summed E-state index contributed by atoms with van der Waals surface area (Å²) in [6.07, 6.45) is -2.55. The average Bonchev–Trinajstić information content (AvgIpc) is 3.29. The molecule has 0 saturated carbocycles. The first-order chi connectivity index (χ1) is 13.3. The summed E-state index contributed by atoms with van der Waals surface area (Å²) in [4.78, 5) is 12.4. The molecule has 0 aliphatic rings. The molecule has 13 heteroatoms. The SMILES string of the molecule is CCCc1nnc(NC(=O)c2cnn(-c3ccc(OC)nn3)c2C(F)(F)F)s1. The molecule has 3 rings (SSSR count). The fourth-order valence-electron chi connectivity index (χ4n) is 2.28. The molecule has 3 aromatic heterocycles. The van der Waals surface area contributed by atoms with Crippen LogP contribution < -0.4 is 10.1 Å². The Labute approximate surface area is 160 Å². The highest BCUT2D eigenvalue weighted by Crippen LogP contribution is 2.34. The summed E-state index contributed by atoms with van der Waals surface area (Å²) in [5.74, 6) is -1.09. The summed E-state index contributed by atoms with van der Waals surface area (Å²) < 4.78 is 46.2. The summed E-state index contributed by atoms with van der Waals surface area (Å²) in [5.41, 5.74) is -1.94. The summed E-state index contributed by atoms with van der Waals surface area (Å²) in [5, 5.41) is 21.7. The zero-order valence-electron chi connectivity index (χ0n) is 14.7. The van der Waals surface area contributed by atoms with Crippen LogP contribution in [0.2, 0.25) is 0 Å². The molecule has 3 heterocycles. The molecule has 0 aliphatic carbocycles. The van der Waals surface area contributed by atoms with Gasteiger partial charge in [-0.3, -0.25) is 10.1 Å². The Morgan fingerprint density at radius 2 is 2.04 bits per heavy atom. The van der Waals surface area contributed by atoms with E-state index in [0.717, 1.165) is 24.0 Å². The summed E-state index contributed by atoms with van der Waals surface area (Å²) in [6, 6.07) is 2.58. The highest BCUT2D eigenvalue weighted by molar-refractivity contribution is 7.15. The Balaban J connectivity index is 1.93. The number of anilines is 1. The molecule has 1 N–H and O–H groups in total. The van der Waals surface area contributed by atoms with E-state index in [0.29, 0.717) is 16.1 Å². The van der Waals surface area contributed by atoms with E-state index < -0.39 is 23.3 Å². The van der Waals surface area contributed by atoms with Gasteiger partial charge in [0.25, 0.3) is 5.91 Å². The zero-order chi connectivity index (χ0) is 20.3. The first-order valence-corrected chi connectivity index (χ1v) is 8.82. The van der Waals surface area contributed by atoms with Crippen molar-refractivity contribution < 1.29 is 22.7 Å². The Morgan fingerprint density at radius 3 is 2.64 bits per heavy atom. The van der Waals surface area contributed by atoms with E-state index in [1.807, 2.05) is 6.92 Å². The first kappa shape index (κ1) is 19.7. The van der Waals surface area contributed by atoms with Crippen molar-refractivity contribution in [2.75, 3.05) is 12.4 Å². The molecule has 9 nitrogen and oxygen atoms in total. The molecule has 0 fully saturated rings. The van der Waals surface area contributed by atoms with Crippen molar-refractivity contribution in [3.63, 3.8) is 0 Å². The number of nitrogens with zero attached hydrogens (tertiary/aromatic N) is 6. The van der Waals surface area contributed by atoms with Gasteiger partial charge in [0.1, 0.15) is 5.01 Å². The number of hydrogen-bond donors (Lipinski definition) is 1. The molecule has 148 valence electrons. The minimum absolute atomic E-state index is 0.110. The second-order valence-corrected chi connectivity index (χ2v) is 6.52. The first-order valence-electron chi connectivity index (χ1n) is 8.00. The van der Waals surface area contributed by atoms with Crippen LogP contribution in [0.5, 0.6) is 5.88 Å². The fourth-order valence-corrected chi connectivity index (χ4v) is 3.12. The molecule has 0 aliphatic heterocycles. The molecule has 28 heavy (non-hydrogen) atoms. The van der Waals surface area contributed by atoms with Gasteiger partial charge in [-0.1, -0.05) is 18.3 Å². The predicted octanol–water partition coefficient (Wildman–Crippen LogP) is 2.75. The fraction of sp³-hybridized carbons (Fsp3) is 0.333. The number of halogens is 3. The molecule has 0 atom stereocenters. The number of ether oxygens (including phenoxy) is 1. The van der Waals surface area contributed by atoms with Crippen LogP contribution in [0.1, 0.15) is 34.4 Å². The van der Waals surface area contributed by atoms with E-state index in [-0.39, 0.29) is 16.8 Å². The third kappa shape index (κ3) is 4.08. The van der Waals surface area contributed by atoms with Gasteiger partial charge >= 0.3 is 6.18 Å². The highest BCUT2D eigenvalue weighted by atomic mass is 32.1. The maximum absolute atomic E-state index is 13.6. The minimum atomic E-state index is -4.86. The van der Waals surface area contributed by atoms with Crippen LogP contribution >= 0.6 is 11.3 Å². The third-order valence-electron chi connectivity index (χ3n) is 3.49. The number of carbonyl (C=O) groups is 1. The normalized spacial score (nSPS) is 11.5. The maximum Gasteiger partial charge on any atom is 0.434 e. The second-order valence-electron chi connectivity index (χ2n) is 5.46. The predicted molar refractivity (Wildman–Crippen MR) is 92.6 cm³/mol. The number of methoxy groups -OCH3 is 1. The van der Waals surface area contributed by atoms with Gasteiger partial charge in [0.15, 0.2) is 11.5 Å². The molecule has 1 amide bonds. The molecular formula is C15H14F3N7O2S. The Kier molecular flexibility index (Phi) is 5.53. The Bertz CT molecular complexity index is 969. The molecule has 0 aromatic carbocycles. The molecule has 0 unspecified atom stereocenters. The van der Waals surface area contributed by atoms with Crippen molar-refractivity contribution >= 4 is 22.4 Å². The van der Waals surface area contributed by atoms with Gasteiger partial charge in [-0.2, -0.15) is 18.3 Å². The van der Waals surface area contributed by atoms with Gasteiger partial charge in [-0.25, -0.2) is 4.68 Å². The number of carbonyl (C=O) groups excluding carboxylic acids is 1. The minimum Gasteiger partial charge on any atom is -0.480 e. The van der Waals surface area contributed by atoms with Gasteiger partial charge in [-0.15, -0.1) is 20.4 Å². The van der Waals surface area contributed by atoms with Crippen molar-refractivity contribution in [1.29, 1.82) is 0 Å². The van der Waals surface area contributed by atoms with E-state index in [4.69, 9.17) is 4.74 Å². The van der Waals surface area contributed by atoms with Gasteiger partial charge in [0.05, 0.1) is 18.9 Å². The van der Waals surface area contributed by atoms with E-state index in [2.05, 4.69) is 30.8 Å². The monoisotopic (exact) mass is 413 g/mol. The Morgan fingerprint density at radius 1 is 1.25 bits per heavy atom. The number of rotatable bonds is 6. The molecule has 0 spiro atoms. The van der Waals surface area contributed by atoms with Crippen molar-refractivity contribution in [1.82, 2.24) is 30.2 Å². The summed E-state index contributed by atoms with van der Waals surface area (Å²) in [7, 11) is 1.35. The highest BCUT2D eigenvalue weighted by Gasteiger charge is 2.41. The van der Waals surface area contributed by atoms with Crippen molar-refractivity contribution in [2.24, 2.45) is 0 Å².